The lowest BCUT2D eigenvalue weighted by atomic mass is 10.4. The molecule has 2 aromatic heterocycles. The Morgan fingerprint density at radius 3 is 2.95 bits per heavy atom. The first-order valence-electron chi connectivity index (χ1n) is 6.25. The van der Waals surface area contributed by atoms with E-state index in [-0.39, 0.29) is 24.9 Å². The zero-order chi connectivity index (χ0) is 14.5. The standard InChI is InChI=1S/C12H17N5O3/c1-9-3-4-13-12-14-10(15-17(9)12)11(19)16(5-7-18)6-8-20-2/h3-4,18H,5-8H2,1-2H3. The van der Waals surface area contributed by atoms with E-state index in [4.69, 9.17) is 9.84 Å². The number of aliphatic hydroxyl groups is 1. The Labute approximate surface area is 116 Å². The molecule has 0 bridgehead atoms. The van der Waals surface area contributed by atoms with Crippen LogP contribution in [0.4, 0.5) is 0 Å². The highest BCUT2D eigenvalue weighted by Crippen LogP contribution is 2.05. The van der Waals surface area contributed by atoms with Crippen LogP contribution in [0, 0.1) is 6.92 Å². The number of aliphatic hydroxyl groups excluding tert-OH is 1. The van der Waals surface area contributed by atoms with Gasteiger partial charge in [0, 0.05) is 32.1 Å². The van der Waals surface area contributed by atoms with E-state index in [2.05, 4.69) is 15.1 Å². The predicted octanol–water partition coefficient (Wildman–Crippen LogP) is -0.486. The summed E-state index contributed by atoms with van der Waals surface area (Å²) >= 11 is 0. The maximum Gasteiger partial charge on any atom is 0.293 e. The van der Waals surface area contributed by atoms with E-state index in [1.807, 2.05) is 6.92 Å². The summed E-state index contributed by atoms with van der Waals surface area (Å²) in [7, 11) is 1.55. The Balaban J connectivity index is 2.26. The molecule has 0 saturated carbocycles. The van der Waals surface area contributed by atoms with E-state index in [0.717, 1.165) is 5.69 Å². The van der Waals surface area contributed by atoms with Gasteiger partial charge >= 0.3 is 0 Å². The van der Waals surface area contributed by atoms with Crippen LogP contribution in [-0.2, 0) is 4.74 Å². The van der Waals surface area contributed by atoms with Gasteiger partial charge in [0.15, 0.2) is 0 Å². The van der Waals surface area contributed by atoms with Crippen LogP contribution in [0.5, 0.6) is 0 Å². The molecule has 0 aromatic carbocycles. The molecular weight excluding hydrogens is 262 g/mol. The SMILES string of the molecule is COCCN(CCO)C(=O)c1nc2nccc(C)n2n1. The first-order chi connectivity index (χ1) is 9.67. The van der Waals surface area contributed by atoms with Crippen molar-refractivity contribution in [2.75, 3.05) is 33.4 Å². The lowest BCUT2D eigenvalue weighted by Gasteiger charge is -2.19. The van der Waals surface area contributed by atoms with Crippen molar-refractivity contribution >= 4 is 11.7 Å². The number of ether oxygens (including phenoxy) is 1. The van der Waals surface area contributed by atoms with Crippen LogP contribution < -0.4 is 0 Å². The summed E-state index contributed by atoms with van der Waals surface area (Å²) in [6, 6.07) is 1.78. The first kappa shape index (κ1) is 14.4. The fraction of sp³-hybridized carbons (Fsp3) is 0.500. The number of methoxy groups -OCH3 is 1. The van der Waals surface area contributed by atoms with Gasteiger partial charge in [-0.25, -0.2) is 9.50 Å². The van der Waals surface area contributed by atoms with E-state index in [0.29, 0.717) is 18.9 Å². The maximum atomic E-state index is 12.3. The molecule has 0 fully saturated rings. The lowest BCUT2D eigenvalue weighted by Crippen LogP contribution is -2.36. The summed E-state index contributed by atoms with van der Waals surface area (Å²) in [6.07, 6.45) is 1.62. The number of hydrogen-bond acceptors (Lipinski definition) is 6. The highest BCUT2D eigenvalue weighted by Gasteiger charge is 2.20. The Morgan fingerprint density at radius 2 is 2.30 bits per heavy atom. The van der Waals surface area contributed by atoms with Crippen molar-refractivity contribution in [3.05, 3.63) is 23.8 Å². The van der Waals surface area contributed by atoms with E-state index in [1.165, 1.54) is 9.42 Å². The minimum Gasteiger partial charge on any atom is -0.395 e. The van der Waals surface area contributed by atoms with Crippen molar-refractivity contribution < 1.29 is 14.6 Å². The third kappa shape index (κ3) is 2.91. The quantitative estimate of drug-likeness (QED) is 0.767. The number of carbonyl (C=O) groups is 1. The van der Waals surface area contributed by atoms with Crippen molar-refractivity contribution in [2.45, 2.75) is 6.92 Å². The number of rotatable bonds is 6. The second-order valence-electron chi connectivity index (χ2n) is 4.24. The largest absolute Gasteiger partial charge is 0.395 e. The minimum absolute atomic E-state index is 0.0661. The Morgan fingerprint density at radius 1 is 1.50 bits per heavy atom. The molecule has 0 aliphatic heterocycles. The summed E-state index contributed by atoms with van der Waals surface area (Å²) in [5.41, 5.74) is 0.840. The second-order valence-corrected chi connectivity index (χ2v) is 4.24. The monoisotopic (exact) mass is 279 g/mol. The highest BCUT2D eigenvalue weighted by atomic mass is 16.5. The molecule has 0 atom stereocenters. The van der Waals surface area contributed by atoms with Gasteiger partial charge in [-0.15, -0.1) is 5.10 Å². The molecule has 1 amide bonds. The molecule has 0 saturated heterocycles. The molecule has 2 rings (SSSR count). The van der Waals surface area contributed by atoms with E-state index < -0.39 is 0 Å². The number of aryl methyl sites for hydroxylation is 1. The van der Waals surface area contributed by atoms with Gasteiger partial charge in [0.2, 0.25) is 5.82 Å². The molecule has 8 heteroatoms. The third-order valence-corrected chi connectivity index (χ3v) is 2.84. The topological polar surface area (TPSA) is 92.9 Å². The summed E-state index contributed by atoms with van der Waals surface area (Å²) in [4.78, 5) is 21.9. The number of aromatic nitrogens is 4. The van der Waals surface area contributed by atoms with Gasteiger partial charge in [0.25, 0.3) is 11.7 Å². The molecular formula is C12H17N5O3. The molecule has 0 radical (unpaired) electrons. The van der Waals surface area contributed by atoms with Crippen molar-refractivity contribution in [1.82, 2.24) is 24.5 Å². The van der Waals surface area contributed by atoms with Crippen LogP contribution in [0.25, 0.3) is 5.78 Å². The van der Waals surface area contributed by atoms with Crippen molar-refractivity contribution in [3.63, 3.8) is 0 Å². The molecule has 108 valence electrons. The van der Waals surface area contributed by atoms with Crippen molar-refractivity contribution in [1.29, 1.82) is 0 Å². The van der Waals surface area contributed by atoms with Gasteiger partial charge in [-0.2, -0.15) is 4.98 Å². The summed E-state index contributed by atoms with van der Waals surface area (Å²) in [5, 5.41) is 13.2. The summed E-state index contributed by atoms with van der Waals surface area (Å²) in [6.45, 7) is 2.70. The predicted molar refractivity (Wildman–Crippen MR) is 70.4 cm³/mol. The summed E-state index contributed by atoms with van der Waals surface area (Å²) in [5.74, 6) is 0.0985. The molecule has 1 N–H and O–H groups in total. The Kier molecular flexibility index (Phi) is 4.59. The van der Waals surface area contributed by atoms with E-state index in [9.17, 15) is 4.79 Å². The second kappa shape index (κ2) is 6.40. The van der Waals surface area contributed by atoms with Crippen LogP contribution >= 0.6 is 0 Å². The normalized spacial score (nSPS) is 10.9. The smallest absolute Gasteiger partial charge is 0.293 e. The van der Waals surface area contributed by atoms with Gasteiger partial charge in [0.05, 0.1) is 13.2 Å². The number of carbonyl (C=O) groups excluding carboxylic acids is 1. The average Bonchev–Trinajstić information content (AvgIpc) is 2.88. The summed E-state index contributed by atoms with van der Waals surface area (Å²) < 4.78 is 6.46. The van der Waals surface area contributed by atoms with E-state index in [1.54, 1.807) is 19.4 Å². The van der Waals surface area contributed by atoms with Crippen LogP contribution in [-0.4, -0.2) is 68.9 Å². The Bertz CT molecular complexity index is 598. The number of hydrogen-bond donors (Lipinski definition) is 1. The van der Waals surface area contributed by atoms with Crippen molar-refractivity contribution in [3.8, 4) is 0 Å². The van der Waals surface area contributed by atoms with E-state index >= 15 is 0 Å². The van der Waals surface area contributed by atoms with Gasteiger partial charge in [-0.05, 0) is 13.0 Å². The molecule has 2 heterocycles. The highest BCUT2D eigenvalue weighted by molar-refractivity contribution is 5.90. The van der Waals surface area contributed by atoms with Crippen LogP contribution in [0.3, 0.4) is 0 Å². The lowest BCUT2D eigenvalue weighted by molar-refractivity contribution is 0.0645. The fourth-order valence-electron chi connectivity index (χ4n) is 1.78. The number of amides is 1. The molecule has 2 aromatic rings. The minimum atomic E-state index is -0.346. The molecule has 8 nitrogen and oxygen atoms in total. The van der Waals surface area contributed by atoms with Gasteiger partial charge < -0.3 is 14.7 Å². The number of fused-ring (bicyclic) bond motifs is 1. The van der Waals surface area contributed by atoms with Crippen molar-refractivity contribution in [2.24, 2.45) is 0 Å². The number of nitrogens with zero attached hydrogens (tertiary/aromatic N) is 5. The molecule has 0 aliphatic rings. The van der Waals surface area contributed by atoms with Crippen LogP contribution in [0.2, 0.25) is 0 Å². The molecule has 0 spiro atoms. The third-order valence-electron chi connectivity index (χ3n) is 2.84. The average molecular weight is 279 g/mol. The van der Waals surface area contributed by atoms with Gasteiger partial charge in [-0.3, -0.25) is 4.79 Å². The molecule has 0 unspecified atom stereocenters. The zero-order valence-corrected chi connectivity index (χ0v) is 11.5. The molecule has 0 aliphatic carbocycles. The maximum absolute atomic E-state index is 12.3. The fourth-order valence-corrected chi connectivity index (χ4v) is 1.78. The van der Waals surface area contributed by atoms with Gasteiger partial charge in [-0.1, -0.05) is 0 Å². The molecule has 20 heavy (non-hydrogen) atoms. The van der Waals surface area contributed by atoms with Crippen LogP contribution in [0.1, 0.15) is 16.3 Å². The van der Waals surface area contributed by atoms with Gasteiger partial charge in [0.1, 0.15) is 0 Å². The van der Waals surface area contributed by atoms with Crippen LogP contribution in [0.15, 0.2) is 12.3 Å². The Hall–Kier alpha value is -2.06. The first-order valence-corrected chi connectivity index (χ1v) is 6.25. The zero-order valence-electron chi connectivity index (χ0n) is 11.5.